The second kappa shape index (κ2) is 7.62. The maximum absolute atomic E-state index is 10.3. The molecular formula is C18H28N4O. The van der Waals surface area contributed by atoms with E-state index in [2.05, 4.69) is 29.2 Å². The van der Waals surface area contributed by atoms with Crippen LogP contribution in [0.1, 0.15) is 42.7 Å². The number of aliphatic hydroxyl groups is 1. The average Bonchev–Trinajstić information content (AvgIpc) is 2.85. The second-order valence-electron chi connectivity index (χ2n) is 6.42. The molecule has 23 heavy (non-hydrogen) atoms. The van der Waals surface area contributed by atoms with Gasteiger partial charge >= 0.3 is 0 Å². The number of aliphatic hydroxyl groups excluding tert-OH is 1. The highest BCUT2D eigenvalue weighted by Gasteiger charge is 2.19. The van der Waals surface area contributed by atoms with Gasteiger partial charge in [0.1, 0.15) is 5.82 Å². The standard InChI is InChI=1S/C18H28N4O/c1-13(2)17-15(18(21(3)4)22(5)20-17)11-19-12-16(23)14-9-7-6-8-10-14/h6-10,13,16,19,23H,11-12H2,1-5H3/t16-/m0/s1. The Kier molecular flexibility index (Phi) is 5.80. The first-order valence-electron chi connectivity index (χ1n) is 8.08. The molecule has 0 saturated heterocycles. The van der Waals surface area contributed by atoms with Gasteiger partial charge < -0.3 is 15.3 Å². The lowest BCUT2D eigenvalue weighted by Crippen LogP contribution is -2.23. The first kappa shape index (κ1) is 17.5. The summed E-state index contributed by atoms with van der Waals surface area (Å²) in [6, 6.07) is 9.74. The Hall–Kier alpha value is -1.85. The van der Waals surface area contributed by atoms with E-state index in [1.165, 1.54) is 5.56 Å². The van der Waals surface area contributed by atoms with E-state index in [9.17, 15) is 5.11 Å². The Bertz CT molecular complexity index is 619. The molecule has 5 heteroatoms. The Balaban J connectivity index is 2.08. The van der Waals surface area contributed by atoms with Crippen molar-refractivity contribution in [2.45, 2.75) is 32.4 Å². The fourth-order valence-corrected chi connectivity index (χ4v) is 2.90. The van der Waals surface area contributed by atoms with Crippen LogP contribution in [0.2, 0.25) is 0 Å². The zero-order valence-corrected chi connectivity index (χ0v) is 14.7. The van der Waals surface area contributed by atoms with Gasteiger partial charge in [0, 0.05) is 39.8 Å². The van der Waals surface area contributed by atoms with Gasteiger partial charge in [-0.25, -0.2) is 0 Å². The number of aromatic nitrogens is 2. The van der Waals surface area contributed by atoms with Crippen molar-refractivity contribution in [3.8, 4) is 0 Å². The normalized spacial score (nSPS) is 12.7. The van der Waals surface area contributed by atoms with Crippen molar-refractivity contribution < 1.29 is 5.11 Å². The predicted octanol–water partition coefficient (Wildman–Crippen LogP) is 2.43. The quantitative estimate of drug-likeness (QED) is 0.824. The fourth-order valence-electron chi connectivity index (χ4n) is 2.90. The summed E-state index contributed by atoms with van der Waals surface area (Å²) in [5.74, 6) is 1.47. The first-order valence-corrected chi connectivity index (χ1v) is 8.08. The summed E-state index contributed by atoms with van der Waals surface area (Å²) >= 11 is 0. The molecule has 0 aliphatic carbocycles. The number of nitrogens with one attached hydrogen (secondary N) is 1. The second-order valence-corrected chi connectivity index (χ2v) is 6.42. The predicted molar refractivity (Wildman–Crippen MR) is 94.7 cm³/mol. The summed E-state index contributed by atoms with van der Waals surface area (Å²) in [7, 11) is 6.04. The molecule has 0 aliphatic heterocycles. The van der Waals surface area contributed by atoms with Crippen LogP contribution >= 0.6 is 0 Å². The molecule has 0 saturated carbocycles. The Labute approximate surface area is 138 Å². The maximum atomic E-state index is 10.3. The van der Waals surface area contributed by atoms with Gasteiger partial charge in [-0.05, 0) is 11.5 Å². The van der Waals surface area contributed by atoms with Crippen molar-refractivity contribution in [1.29, 1.82) is 0 Å². The topological polar surface area (TPSA) is 53.3 Å². The largest absolute Gasteiger partial charge is 0.387 e. The molecule has 0 radical (unpaired) electrons. The van der Waals surface area contributed by atoms with Crippen molar-refractivity contribution in [2.75, 3.05) is 25.5 Å². The van der Waals surface area contributed by atoms with Crippen LogP contribution in [0.5, 0.6) is 0 Å². The van der Waals surface area contributed by atoms with Crippen LogP contribution < -0.4 is 10.2 Å². The smallest absolute Gasteiger partial charge is 0.130 e. The van der Waals surface area contributed by atoms with E-state index in [4.69, 9.17) is 0 Å². The highest BCUT2D eigenvalue weighted by molar-refractivity contribution is 5.50. The van der Waals surface area contributed by atoms with E-state index in [1.54, 1.807) is 0 Å². The van der Waals surface area contributed by atoms with Crippen molar-refractivity contribution in [2.24, 2.45) is 7.05 Å². The van der Waals surface area contributed by atoms with Crippen molar-refractivity contribution in [3.63, 3.8) is 0 Å². The SMILES string of the molecule is CC(C)c1nn(C)c(N(C)C)c1CNC[C@H](O)c1ccccc1. The number of anilines is 1. The number of benzene rings is 1. The fraction of sp³-hybridized carbons (Fsp3) is 0.500. The van der Waals surface area contributed by atoms with Gasteiger partial charge in [-0.15, -0.1) is 0 Å². The minimum atomic E-state index is -0.502. The summed E-state index contributed by atoms with van der Waals surface area (Å²) in [4.78, 5) is 2.09. The van der Waals surface area contributed by atoms with Gasteiger partial charge in [0.25, 0.3) is 0 Å². The average molecular weight is 316 g/mol. The van der Waals surface area contributed by atoms with E-state index < -0.39 is 6.10 Å². The molecule has 2 aromatic rings. The third-order valence-electron chi connectivity index (χ3n) is 3.94. The van der Waals surface area contributed by atoms with E-state index in [0.717, 1.165) is 17.1 Å². The third-order valence-corrected chi connectivity index (χ3v) is 3.94. The minimum Gasteiger partial charge on any atom is -0.387 e. The van der Waals surface area contributed by atoms with Crippen LogP contribution in [-0.4, -0.2) is 35.5 Å². The molecule has 1 aromatic heterocycles. The van der Waals surface area contributed by atoms with Crippen molar-refractivity contribution in [3.05, 3.63) is 47.2 Å². The highest BCUT2D eigenvalue weighted by atomic mass is 16.3. The van der Waals surface area contributed by atoms with E-state index in [0.29, 0.717) is 19.0 Å². The van der Waals surface area contributed by atoms with Crippen LogP contribution in [0.15, 0.2) is 30.3 Å². The molecule has 126 valence electrons. The molecule has 0 unspecified atom stereocenters. The monoisotopic (exact) mass is 316 g/mol. The molecule has 1 heterocycles. The van der Waals surface area contributed by atoms with Crippen LogP contribution in [0.25, 0.3) is 0 Å². The summed E-state index contributed by atoms with van der Waals surface area (Å²) < 4.78 is 1.93. The van der Waals surface area contributed by atoms with Gasteiger partial charge in [0.15, 0.2) is 0 Å². The molecule has 0 aliphatic rings. The third kappa shape index (κ3) is 4.12. The number of hydrogen-bond donors (Lipinski definition) is 2. The number of nitrogens with zero attached hydrogens (tertiary/aromatic N) is 3. The highest BCUT2D eigenvalue weighted by Crippen LogP contribution is 2.27. The van der Waals surface area contributed by atoms with Crippen LogP contribution in [0.3, 0.4) is 0 Å². The molecule has 0 bridgehead atoms. The molecule has 1 aromatic carbocycles. The Morgan fingerprint density at radius 1 is 1.22 bits per heavy atom. The van der Waals surface area contributed by atoms with Gasteiger partial charge in [-0.2, -0.15) is 5.10 Å². The lowest BCUT2D eigenvalue weighted by molar-refractivity contribution is 0.174. The van der Waals surface area contributed by atoms with Gasteiger partial charge in [0.05, 0.1) is 11.8 Å². The Morgan fingerprint density at radius 3 is 2.43 bits per heavy atom. The molecule has 5 nitrogen and oxygen atoms in total. The zero-order valence-electron chi connectivity index (χ0n) is 14.7. The van der Waals surface area contributed by atoms with Crippen molar-refractivity contribution in [1.82, 2.24) is 15.1 Å². The molecule has 2 rings (SSSR count). The zero-order chi connectivity index (χ0) is 17.0. The van der Waals surface area contributed by atoms with E-state index in [1.807, 2.05) is 56.2 Å². The van der Waals surface area contributed by atoms with Gasteiger partial charge in [0.2, 0.25) is 0 Å². The molecule has 1 atom stereocenters. The van der Waals surface area contributed by atoms with Crippen LogP contribution in [-0.2, 0) is 13.6 Å². The lowest BCUT2D eigenvalue weighted by atomic mass is 10.0. The summed E-state index contributed by atoms with van der Waals surface area (Å²) in [6.45, 7) is 5.52. The maximum Gasteiger partial charge on any atom is 0.130 e. The molecule has 0 amide bonds. The molecule has 0 spiro atoms. The minimum absolute atomic E-state index is 0.366. The number of hydrogen-bond acceptors (Lipinski definition) is 4. The number of rotatable bonds is 7. The lowest BCUT2D eigenvalue weighted by Gasteiger charge is -2.17. The van der Waals surface area contributed by atoms with Crippen LogP contribution in [0, 0.1) is 0 Å². The van der Waals surface area contributed by atoms with E-state index in [-0.39, 0.29) is 0 Å². The molecule has 2 N–H and O–H groups in total. The summed E-state index contributed by atoms with van der Waals surface area (Å²) in [6.07, 6.45) is -0.502. The van der Waals surface area contributed by atoms with Crippen molar-refractivity contribution >= 4 is 5.82 Å². The van der Waals surface area contributed by atoms with Gasteiger partial charge in [-0.1, -0.05) is 44.2 Å². The van der Waals surface area contributed by atoms with Crippen LogP contribution in [0.4, 0.5) is 5.82 Å². The molecular weight excluding hydrogens is 288 g/mol. The van der Waals surface area contributed by atoms with Gasteiger partial charge in [-0.3, -0.25) is 4.68 Å². The summed E-state index contributed by atoms with van der Waals surface area (Å²) in [5.41, 5.74) is 3.24. The number of aryl methyl sites for hydroxylation is 1. The summed E-state index contributed by atoms with van der Waals surface area (Å²) in [5, 5.41) is 18.3. The Morgan fingerprint density at radius 2 is 1.87 bits per heavy atom. The first-order chi connectivity index (χ1) is 10.9. The van der Waals surface area contributed by atoms with E-state index >= 15 is 0 Å². The molecule has 0 fully saturated rings.